The minimum Gasteiger partial charge on any atom is -0.466 e. The fourth-order valence-electron chi connectivity index (χ4n) is 6.11. The molecule has 0 aliphatic heterocycles. The number of H-pyrrole nitrogens is 1. The number of halogens is 1. The number of rotatable bonds is 6. The van der Waals surface area contributed by atoms with E-state index < -0.39 is 0 Å². The van der Waals surface area contributed by atoms with Gasteiger partial charge in [-0.2, -0.15) is 5.10 Å². The summed E-state index contributed by atoms with van der Waals surface area (Å²) >= 11 is 6.24. The normalized spacial score (nSPS) is 23.6. The van der Waals surface area contributed by atoms with Crippen molar-refractivity contribution in [3.05, 3.63) is 29.5 Å². The zero-order chi connectivity index (χ0) is 25.0. The van der Waals surface area contributed by atoms with Crippen LogP contribution >= 0.6 is 11.6 Å². The van der Waals surface area contributed by atoms with Crippen LogP contribution < -0.4 is 5.32 Å². The summed E-state index contributed by atoms with van der Waals surface area (Å²) in [5.41, 5.74) is 2.04. The van der Waals surface area contributed by atoms with E-state index in [1.165, 1.54) is 0 Å². The first kappa shape index (κ1) is 23.2. The van der Waals surface area contributed by atoms with Crippen LogP contribution in [0.4, 0.5) is 5.82 Å². The molecule has 10 heteroatoms. The smallest absolute Gasteiger partial charge is 0.311 e. The van der Waals surface area contributed by atoms with Crippen molar-refractivity contribution >= 4 is 45.5 Å². The summed E-state index contributed by atoms with van der Waals surface area (Å²) in [6, 6.07) is 4.05. The molecule has 188 valence electrons. The minimum absolute atomic E-state index is 0.0282. The Labute approximate surface area is 214 Å². The highest BCUT2D eigenvalue weighted by Crippen LogP contribution is 2.47. The summed E-state index contributed by atoms with van der Waals surface area (Å²) < 4.78 is 7.65. The molecule has 3 aliphatic carbocycles. The number of carbonyl (C=O) groups is 1. The largest absolute Gasteiger partial charge is 0.466 e. The van der Waals surface area contributed by atoms with Crippen LogP contribution in [-0.2, 0) is 9.53 Å². The molecule has 0 radical (unpaired) electrons. The van der Waals surface area contributed by atoms with Gasteiger partial charge in [-0.15, -0.1) is 0 Å². The van der Waals surface area contributed by atoms with Crippen molar-refractivity contribution in [3.63, 3.8) is 0 Å². The quantitative estimate of drug-likeness (QED) is 0.337. The first-order chi connectivity index (χ1) is 17.4. The third kappa shape index (κ3) is 3.80. The third-order valence-electron chi connectivity index (χ3n) is 7.81. The fraction of sp³-hybridized carbons (Fsp3) is 0.500. The van der Waals surface area contributed by atoms with E-state index in [1.807, 2.05) is 25.3 Å². The van der Waals surface area contributed by atoms with Gasteiger partial charge in [0.15, 0.2) is 11.5 Å². The van der Waals surface area contributed by atoms with Crippen molar-refractivity contribution in [2.45, 2.75) is 58.5 Å². The summed E-state index contributed by atoms with van der Waals surface area (Å²) in [5, 5.41) is 13.3. The standard InChI is InChI=1S/C26H30ClN7O2/c1-4-36-26(35)19-14-5-7-15(8-6-14)20(19)29-23-17-9-10-34(13(2)3)25(17)31-24(30-23)21-18-11-16(27)12-28-22(18)33-32-21/h9-15,19-20H,4-8H2,1-3H3,(H,28,32,33)(H,29,30,31)/t14?,15?,19-,20-/m0/s1. The van der Waals surface area contributed by atoms with Crippen LogP contribution in [0.25, 0.3) is 33.6 Å². The van der Waals surface area contributed by atoms with Crippen molar-refractivity contribution in [1.29, 1.82) is 0 Å². The van der Waals surface area contributed by atoms with Crippen molar-refractivity contribution in [2.75, 3.05) is 11.9 Å². The number of pyridine rings is 1. The summed E-state index contributed by atoms with van der Waals surface area (Å²) in [6.45, 7) is 6.51. The molecule has 0 amide bonds. The summed E-state index contributed by atoms with van der Waals surface area (Å²) in [4.78, 5) is 27.3. The van der Waals surface area contributed by atoms with Crippen molar-refractivity contribution < 1.29 is 9.53 Å². The summed E-state index contributed by atoms with van der Waals surface area (Å²) in [7, 11) is 0. The van der Waals surface area contributed by atoms with Gasteiger partial charge in [0.2, 0.25) is 0 Å². The van der Waals surface area contributed by atoms with E-state index in [-0.39, 0.29) is 24.0 Å². The SMILES string of the molecule is CCOC(=O)[C@H]1C2CCC(CC2)[C@@H]1Nc1nc(-c2[nH]nc3ncc(Cl)cc23)nc2c1ccn2C(C)C. The predicted octanol–water partition coefficient (Wildman–Crippen LogP) is 5.38. The van der Waals surface area contributed by atoms with Crippen LogP contribution in [0.2, 0.25) is 5.02 Å². The van der Waals surface area contributed by atoms with E-state index in [2.05, 4.69) is 38.9 Å². The third-order valence-corrected chi connectivity index (χ3v) is 8.02. The van der Waals surface area contributed by atoms with Crippen molar-refractivity contribution in [1.82, 2.24) is 29.7 Å². The molecule has 9 nitrogen and oxygen atoms in total. The highest BCUT2D eigenvalue weighted by Gasteiger charge is 2.48. The lowest BCUT2D eigenvalue weighted by atomic mass is 9.61. The van der Waals surface area contributed by atoms with Gasteiger partial charge in [-0.3, -0.25) is 9.89 Å². The summed E-state index contributed by atoms with van der Waals surface area (Å²) in [6.07, 6.45) is 7.99. The van der Waals surface area contributed by atoms with Gasteiger partial charge in [-0.25, -0.2) is 15.0 Å². The molecule has 2 bridgehead atoms. The van der Waals surface area contributed by atoms with Gasteiger partial charge in [-0.05, 0) is 70.4 Å². The number of aromatic nitrogens is 6. The average Bonchev–Trinajstić information content (AvgIpc) is 3.49. The molecule has 0 unspecified atom stereocenters. The molecule has 4 aromatic heterocycles. The topological polar surface area (TPSA) is 111 Å². The van der Waals surface area contributed by atoms with Gasteiger partial charge < -0.3 is 14.6 Å². The number of carbonyl (C=O) groups excluding carboxylic acids is 1. The Bertz CT molecular complexity index is 1440. The first-order valence-corrected chi connectivity index (χ1v) is 13.1. The Hall–Kier alpha value is -3.20. The van der Waals surface area contributed by atoms with E-state index >= 15 is 0 Å². The molecule has 3 fully saturated rings. The number of nitrogens with zero attached hydrogens (tertiary/aromatic N) is 5. The van der Waals surface area contributed by atoms with Crippen LogP contribution in [-0.4, -0.2) is 48.3 Å². The van der Waals surface area contributed by atoms with Gasteiger partial charge in [-0.1, -0.05) is 11.6 Å². The maximum atomic E-state index is 13.0. The maximum Gasteiger partial charge on any atom is 0.311 e. The van der Waals surface area contributed by atoms with Gasteiger partial charge >= 0.3 is 5.97 Å². The van der Waals surface area contributed by atoms with E-state index in [0.29, 0.717) is 40.6 Å². The number of hydrogen-bond donors (Lipinski definition) is 2. The minimum atomic E-state index is -0.172. The molecule has 4 heterocycles. The van der Waals surface area contributed by atoms with E-state index in [9.17, 15) is 4.79 Å². The second kappa shape index (κ2) is 9.03. The molecular formula is C26H30ClN7O2. The number of esters is 1. The molecule has 2 atom stereocenters. The van der Waals surface area contributed by atoms with Gasteiger partial charge in [0, 0.05) is 24.5 Å². The molecule has 2 N–H and O–H groups in total. The number of hydrogen-bond acceptors (Lipinski definition) is 7. The molecule has 0 spiro atoms. The van der Waals surface area contributed by atoms with E-state index in [1.54, 1.807) is 6.20 Å². The Balaban J connectivity index is 1.48. The molecular weight excluding hydrogens is 478 g/mol. The molecule has 3 saturated carbocycles. The highest BCUT2D eigenvalue weighted by molar-refractivity contribution is 6.31. The number of anilines is 1. The lowest BCUT2D eigenvalue weighted by molar-refractivity contribution is -0.154. The molecule has 0 aromatic carbocycles. The fourth-order valence-corrected chi connectivity index (χ4v) is 6.27. The number of ether oxygens (including phenoxy) is 1. The van der Waals surface area contributed by atoms with E-state index in [4.69, 9.17) is 26.3 Å². The monoisotopic (exact) mass is 507 g/mol. The van der Waals surface area contributed by atoms with Crippen LogP contribution in [0.15, 0.2) is 24.5 Å². The first-order valence-electron chi connectivity index (χ1n) is 12.8. The Morgan fingerprint density at radius 2 is 2.00 bits per heavy atom. The number of fused-ring (bicyclic) bond motifs is 5. The zero-order valence-corrected chi connectivity index (χ0v) is 21.4. The molecule has 4 aromatic rings. The number of nitrogens with one attached hydrogen (secondary N) is 2. The summed E-state index contributed by atoms with van der Waals surface area (Å²) in [5.74, 6) is 1.70. The van der Waals surface area contributed by atoms with Gasteiger partial charge in [0.1, 0.15) is 17.2 Å². The lowest BCUT2D eigenvalue weighted by Gasteiger charge is -2.47. The second-order valence-corrected chi connectivity index (χ2v) is 10.6. The van der Waals surface area contributed by atoms with Crippen LogP contribution in [0.5, 0.6) is 0 Å². The van der Waals surface area contributed by atoms with Gasteiger partial charge in [0.25, 0.3) is 0 Å². The second-order valence-electron chi connectivity index (χ2n) is 10.2. The maximum absolute atomic E-state index is 13.0. The predicted molar refractivity (Wildman–Crippen MR) is 139 cm³/mol. The van der Waals surface area contributed by atoms with Crippen LogP contribution in [0, 0.1) is 17.8 Å². The average molecular weight is 508 g/mol. The molecule has 7 rings (SSSR count). The Kier molecular flexibility index (Phi) is 5.82. The number of aromatic amines is 1. The van der Waals surface area contributed by atoms with E-state index in [0.717, 1.165) is 47.9 Å². The van der Waals surface area contributed by atoms with Crippen LogP contribution in [0.3, 0.4) is 0 Å². The lowest BCUT2D eigenvalue weighted by Crippen LogP contribution is -2.52. The molecule has 0 saturated heterocycles. The van der Waals surface area contributed by atoms with Crippen LogP contribution in [0.1, 0.15) is 52.5 Å². The highest BCUT2D eigenvalue weighted by atomic mass is 35.5. The molecule has 3 aliphatic rings. The van der Waals surface area contributed by atoms with Crippen molar-refractivity contribution in [3.8, 4) is 11.5 Å². The Morgan fingerprint density at radius 3 is 2.75 bits per heavy atom. The van der Waals surface area contributed by atoms with Crippen molar-refractivity contribution in [2.24, 2.45) is 17.8 Å². The van der Waals surface area contributed by atoms with Gasteiger partial charge in [0.05, 0.1) is 28.3 Å². The molecule has 36 heavy (non-hydrogen) atoms. The Morgan fingerprint density at radius 1 is 1.22 bits per heavy atom. The zero-order valence-electron chi connectivity index (χ0n) is 20.7.